The first-order chi connectivity index (χ1) is 10.2. The Hall–Kier alpha value is -2.09. The Morgan fingerprint density at radius 1 is 0.952 bits per heavy atom. The van der Waals surface area contributed by atoms with Crippen molar-refractivity contribution in [2.75, 3.05) is 5.32 Å². The third-order valence-corrected chi connectivity index (χ3v) is 3.06. The lowest BCUT2D eigenvalue weighted by molar-refractivity contribution is 0.102. The molecule has 0 saturated heterocycles. The summed E-state index contributed by atoms with van der Waals surface area (Å²) in [4.78, 5) is 12.1. The molecule has 2 aromatic carbocycles. The van der Waals surface area contributed by atoms with Gasteiger partial charge in [0.2, 0.25) is 0 Å². The van der Waals surface area contributed by atoms with Crippen LogP contribution in [0.1, 0.15) is 48.7 Å². The van der Waals surface area contributed by atoms with E-state index in [1.807, 2.05) is 69.3 Å². The number of benzene rings is 2. The zero-order valence-corrected chi connectivity index (χ0v) is 13.4. The van der Waals surface area contributed by atoms with Gasteiger partial charge in [0.15, 0.2) is 0 Å². The molecule has 0 aromatic heterocycles. The van der Waals surface area contributed by atoms with Crippen LogP contribution in [-0.4, -0.2) is 5.91 Å². The SMILES string of the molecule is CC.CCCc1ccc(C(=O)Nc2ccc(C)cc2)cc1. The summed E-state index contributed by atoms with van der Waals surface area (Å²) in [7, 11) is 0. The lowest BCUT2D eigenvalue weighted by Gasteiger charge is -2.06. The van der Waals surface area contributed by atoms with Crippen molar-refractivity contribution in [1.82, 2.24) is 0 Å². The minimum absolute atomic E-state index is 0.0631. The standard InChI is InChI=1S/C17H19NO.C2H6/c1-3-4-14-7-9-15(10-8-14)17(19)18-16-11-5-13(2)6-12-16;1-2/h5-12H,3-4H2,1-2H3,(H,18,19);1-2H3. The van der Waals surface area contributed by atoms with Gasteiger partial charge in [0.05, 0.1) is 0 Å². The quantitative estimate of drug-likeness (QED) is 0.818. The number of hydrogen-bond acceptors (Lipinski definition) is 1. The van der Waals surface area contributed by atoms with E-state index >= 15 is 0 Å². The molecule has 0 aliphatic rings. The number of carbonyl (C=O) groups is 1. The minimum Gasteiger partial charge on any atom is -0.322 e. The van der Waals surface area contributed by atoms with Gasteiger partial charge in [-0.3, -0.25) is 4.79 Å². The second-order valence-electron chi connectivity index (χ2n) is 4.77. The summed E-state index contributed by atoms with van der Waals surface area (Å²) in [5.74, 6) is -0.0631. The molecule has 0 saturated carbocycles. The lowest BCUT2D eigenvalue weighted by atomic mass is 10.1. The molecular formula is C19H25NO. The first kappa shape index (κ1) is 17.0. The Labute approximate surface area is 128 Å². The highest BCUT2D eigenvalue weighted by Gasteiger charge is 2.05. The van der Waals surface area contributed by atoms with Crippen molar-refractivity contribution in [3.8, 4) is 0 Å². The molecule has 2 nitrogen and oxygen atoms in total. The average molecular weight is 283 g/mol. The van der Waals surface area contributed by atoms with Crippen molar-refractivity contribution < 1.29 is 4.79 Å². The zero-order chi connectivity index (χ0) is 15.7. The first-order valence-corrected chi connectivity index (χ1v) is 7.66. The van der Waals surface area contributed by atoms with Gasteiger partial charge in [-0.2, -0.15) is 0 Å². The van der Waals surface area contributed by atoms with Crippen LogP contribution < -0.4 is 5.32 Å². The van der Waals surface area contributed by atoms with Gasteiger partial charge in [0, 0.05) is 11.3 Å². The Balaban J connectivity index is 0.00000106. The van der Waals surface area contributed by atoms with Gasteiger partial charge in [-0.1, -0.05) is 57.0 Å². The Kier molecular flexibility index (Phi) is 7.24. The van der Waals surface area contributed by atoms with Crippen molar-refractivity contribution in [2.45, 2.75) is 40.5 Å². The van der Waals surface area contributed by atoms with Crippen LogP contribution in [0.2, 0.25) is 0 Å². The number of rotatable bonds is 4. The Morgan fingerprint density at radius 3 is 2.05 bits per heavy atom. The van der Waals surface area contributed by atoms with Crippen molar-refractivity contribution >= 4 is 11.6 Å². The van der Waals surface area contributed by atoms with E-state index < -0.39 is 0 Å². The van der Waals surface area contributed by atoms with Crippen molar-refractivity contribution in [3.63, 3.8) is 0 Å². The molecule has 0 atom stereocenters. The van der Waals surface area contributed by atoms with E-state index in [9.17, 15) is 4.79 Å². The second-order valence-corrected chi connectivity index (χ2v) is 4.77. The molecule has 0 spiro atoms. The van der Waals surface area contributed by atoms with E-state index in [0.717, 1.165) is 18.5 Å². The molecule has 112 valence electrons. The molecule has 0 radical (unpaired) electrons. The van der Waals surface area contributed by atoms with Gasteiger partial charge in [0.25, 0.3) is 5.91 Å². The first-order valence-electron chi connectivity index (χ1n) is 7.66. The maximum atomic E-state index is 12.1. The monoisotopic (exact) mass is 283 g/mol. The van der Waals surface area contributed by atoms with Crippen LogP contribution in [0.4, 0.5) is 5.69 Å². The number of carbonyl (C=O) groups excluding carboxylic acids is 1. The highest BCUT2D eigenvalue weighted by Crippen LogP contribution is 2.12. The fourth-order valence-corrected chi connectivity index (χ4v) is 1.95. The smallest absolute Gasteiger partial charge is 0.255 e. The van der Waals surface area contributed by atoms with E-state index in [1.54, 1.807) is 0 Å². The summed E-state index contributed by atoms with van der Waals surface area (Å²) in [5, 5.41) is 2.90. The normalized spacial score (nSPS) is 9.52. The van der Waals surface area contributed by atoms with Gasteiger partial charge in [-0.25, -0.2) is 0 Å². The van der Waals surface area contributed by atoms with Gasteiger partial charge in [-0.15, -0.1) is 0 Å². The largest absolute Gasteiger partial charge is 0.322 e. The maximum Gasteiger partial charge on any atom is 0.255 e. The van der Waals surface area contributed by atoms with E-state index in [-0.39, 0.29) is 5.91 Å². The number of amides is 1. The van der Waals surface area contributed by atoms with Gasteiger partial charge in [-0.05, 0) is 43.2 Å². The van der Waals surface area contributed by atoms with Crippen molar-refractivity contribution in [3.05, 3.63) is 65.2 Å². The lowest BCUT2D eigenvalue weighted by Crippen LogP contribution is -2.11. The third kappa shape index (κ3) is 5.42. The zero-order valence-electron chi connectivity index (χ0n) is 13.4. The van der Waals surface area contributed by atoms with Gasteiger partial charge in [0.1, 0.15) is 0 Å². The molecule has 21 heavy (non-hydrogen) atoms. The highest BCUT2D eigenvalue weighted by atomic mass is 16.1. The molecule has 0 bridgehead atoms. The van der Waals surface area contributed by atoms with Crippen LogP contribution in [0.3, 0.4) is 0 Å². The third-order valence-electron chi connectivity index (χ3n) is 3.06. The number of anilines is 1. The average Bonchev–Trinajstić information content (AvgIpc) is 2.52. The molecule has 0 fully saturated rings. The molecule has 0 aliphatic heterocycles. The topological polar surface area (TPSA) is 29.1 Å². The molecule has 0 aliphatic carbocycles. The minimum atomic E-state index is -0.0631. The summed E-state index contributed by atoms with van der Waals surface area (Å²) in [6, 6.07) is 15.6. The van der Waals surface area contributed by atoms with E-state index in [0.29, 0.717) is 5.56 Å². The van der Waals surface area contributed by atoms with Crippen LogP contribution in [0, 0.1) is 6.92 Å². The van der Waals surface area contributed by atoms with E-state index in [2.05, 4.69) is 12.2 Å². The van der Waals surface area contributed by atoms with Crippen LogP contribution in [0.15, 0.2) is 48.5 Å². The molecule has 2 heteroatoms. The molecule has 2 aromatic rings. The number of aryl methyl sites for hydroxylation is 2. The van der Waals surface area contributed by atoms with E-state index in [1.165, 1.54) is 11.1 Å². The molecule has 0 heterocycles. The number of nitrogens with one attached hydrogen (secondary N) is 1. The molecular weight excluding hydrogens is 258 g/mol. The van der Waals surface area contributed by atoms with Gasteiger partial charge < -0.3 is 5.32 Å². The Bertz CT molecular complexity index is 541. The summed E-state index contributed by atoms with van der Waals surface area (Å²) < 4.78 is 0. The fraction of sp³-hybridized carbons (Fsp3) is 0.316. The van der Waals surface area contributed by atoms with Crippen LogP contribution >= 0.6 is 0 Å². The van der Waals surface area contributed by atoms with Crippen LogP contribution in [0.25, 0.3) is 0 Å². The predicted molar refractivity (Wildman–Crippen MR) is 90.9 cm³/mol. The van der Waals surface area contributed by atoms with E-state index in [4.69, 9.17) is 0 Å². The summed E-state index contributed by atoms with van der Waals surface area (Å²) in [5.41, 5.74) is 3.98. The Morgan fingerprint density at radius 2 is 1.52 bits per heavy atom. The molecule has 1 amide bonds. The van der Waals surface area contributed by atoms with Crippen LogP contribution in [0.5, 0.6) is 0 Å². The van der Waals surface area contributed by atoms with Crippen LogP contribution in [-0.2, 0) is 6.42 Å². The summed E-state index contributed by atoms with van der Waals surface area (Å²) in [6.45, 7) is 8.18. The van der Waals surface area contributed by atoms with Crippen molar-refractivity contribution in [1.29, 1.82) is 0 Å². The fourth-order valence-electron chi connectivity index (χ4n) is 1.95. The maximum absolute atomic E-state index is 12.1. The molecule has 1 N–H and O–H groups in total. The summed E-state index contributed by atoms with van der Waals surface area (Å²) in [6.07, 6.45) is 2.18. The molecule has 2 rings (SSSR count). The predicted octanol–water partition coefficient (Wildman–Crippen LogP) is 5.23. The van der Waals surface area contributed by atoms with Gasteiger partial charge >= 0.3 is 0 Å². The second kappa shape index (κ2) is 8.96. The summed E-state index contributed by atoms with van der Waals surface area (Å²) >= 11 is 0. The number of hydrogen-bond donors (Lipinski definition) is 1. The highest BCUT2D eigenvalue weighted by molar-refractivity contribution is 6.04. The molecule has 0 unspecified atom stereocenters. The van der Waals surface area contributed by atoms with Crippen molar-refractivity contribution in [2.24, 2.45) is 0 Å².